The summed E-state index contributed by atoms with van der Waals surface area (Å²) in [5.74, 6) is -0.915. The van der Waals surface area contributed by atoms with Gasteiger partial charge in [-0.3, -0.25) is 48.4 Å². The SMILES string of the molecule is COc1cc2c(cc1OCCCOc1cc3c(cc1OC)C(=O)N1C=C(c4ccc(N5CCN(C)CC5)cc4)C[C@H]1C=N3)N=C[C@@H]1CC(c3ccc(NC(=O)[C@H](C)NC(=O)C(NC(=O)CCCCCN4C(=O)CC(CC5=CC=CC=CC5)C4=O)C(C)C)cc3)=CN1C2=O. The van der Waals surface area contributed by atoms with E-state index in [0.29, 0.717) is 103 Å². The summed E-state index contributed by atoms with van der Waals surface area (Å²) in [6.45, 7) is 10.1. The van der Waals surface area contributed by atoms with Gasteiger partial charge in [0.25, 0.3) is 11.8 Å². The number of anilines is 2. The number of hydrogen-bond acceptors (Lipinski definition) is 15. The number of ether oxygens (including phenoxy) is 4. The van der Waals surface area contributed by atoms with Gasteiger partial charge in [0.15, 0.2) is 23.0 Å². The van der Waals surface area contributed by atoms with Crippen LogP contribution in [0, 0.1) is 11.8 Å². The molecular formula is C72H82N10O11. The van der Waals surface area contributed by atoms with Crippen molar-refractivity contribution in [3.05, 3.63) is 143 Å². The van der Waals surface area contributed by atoms with Crippen molar-refractivity contribution in [2.75, 3.05) is 77.4 Å². The molecule has 11 rings (SSSR count). The van der Waals surface area contributed by atoms with Crippen LogP contribution in [0.15, 0.2) is 131 Å². The topological polar surface area (TPSA) is 233 Å². The van der Waals surface area contributed by atoms with Gasteiger partial charge in [0.1, 0.15) is 12.1 Å². The molecule has 4 aromatic rings. The minimum absolute atomic E-state index is 0.136. The van der Waals surface area contributed by atoms with E-state index in [-0.39, 0.29) is 79.5 Å². The van der Waals surface area contributed by atoms with Gasteiger partial charge in [0.2, 0.25) is 29.5 Å². The molecule has 21 heteroatoms. The van der Waals surface area contributed by atoms with Crippen LogP contribution in [-0.4, -0.2) is 165 Å². The molecule has 0 bridgehead atoms. The van der Waals surface area contributed by atoms with Crippen LogP contribution in [0.4, 0.5) is 22.7 Å². The Hall–Kier alpha value is -9.63. The summed E-state index contributed by atoms with van der Waals surface area (Å²) in [4.78, 5) is 113. The highest BCUT2D eigenvalue weighted by atomic mass is 16.5. The summed E-state index contributed by atoms with van der Waals surface area (Å²) < 4.78 is 23.9. The highest BCUT2D eigenvalue weighted by Gasteiger charge is 2.39. The Kier molecular flexibility index (Phi) is 20.5. The van der Waals surface area contributed by atoms with E-state index >= 15 is 0 Å². The first kappa shape index (κ1) is 64.9. The fraction of sp³-hybridized carbons (Fsp3) is 0.403. The minimum atomic E-state index is -0.932. The molecule has 93 heavy (non-hydrogen) atoms. The van der Waals surface area contributed by atoms with E-state index in [1.54, 1.807) is 59.3 Å². The normalized spacial score (nSPS) is 19.8. The number of benzene rings is 4. The van der Waals surface area contributed by atoms with E-state index in [1.165, 1.54) is 24.8 Å². The van der Waals surface area contributed by atoms with E-state index < -0.39 is 23.9 Å². The number of nitrogens with zero attached hydrogens (tertiary/aromatic N) is 7. The van der Waals surface area contributed by atoms with E-state index in [1.807, 2.05) is 75.0 Å². The third-order valence-electron chi connectivity index (χ3n) is 18.1. The van der Waals surface area contributed by atoms with Crippen molar-refractivity contribution >= 4 is 87.7 Å². The standard InChI is InChI=1S/C72H82N10O11/c1-45(2)67(77-65(83)17-12-9-13-26-80-66(84)36-50(70(80)87)33-47-15-10-7-8-11-16-47)69(86)75-46(3)68(85)76-53-22-18-48(19-23-53)51-34-55-41-73-59-39-63(61(90-5)37-57(59)71(88)81(55)43-51)92-31-14-32-93-64-40-60-58(38-62(64)91-6)72(89)82-44-52(35-56(82)42-74-60)49-20-24-54(25-21-49)79-29-27-78(4)28-30-79/h7-8,10-11,15,18-25,37-46,50,55-56,67H,9,12-14,16-17,26-36H2,1-6H3,(H,75,86)(H,76,85)(H,77,83)/t46-,50?,55-,56-,67?/m0/s1. The molecule has 2 fully saturated rings. The third-order valence-corrected chi connectivity index (χ3v) is 18.1. The Balaban J connectivity index is 0.616. The molecule has 0 saturated carbocycles. The number of amides is 7. The Morgan fingerprint density at radius 2 is 1.24 bits per heavy atom. The zero-order valence-electron chi connectivity index (χ0n) is 53.7. The summed E-state index contributed by atoms with van der Waals surface area (Å²) >= 11 is 0. The number of carbonyl (C=O) groups is 7. The number of likely N-dealkylation sites (N-methyl/N-ethyl adjacent to an activating group) is 1. The molecule has 2 unspecified atom stereocenters. The summed E-state index contributed by atoms with van der Waals surface area (Å²) in [6, 6.07) is 20.2. The molecular weight excluding hydrogens is 1180 g/mol. The second-order valence-corrected chi connectivity index (χ2v) is 25.0. The van der Waals surface area contributed by atoms with Crippen LogP contribution in [0.2, 0.25) is 0 Å². The lowest BCUT2D eigenvalue weighted by molar-refractivity contribution is -0.139. The van der Waals surface area contributed by atoms with Gasteiger partial charge in [-0.25, -0.2) is 0 Å². The van der Waals surface area contributed by atoms with Crippen LogP contribution in [-0.2, 0) is 24.0 Å². The molecule has 2 saturated heterocycles. The lowest BCUT2D eigenvalue weighted by Crippen LogP contribution is -2.53. The lowest BCUT2D eigenvalue weighted by Gasteiger charge is -2.34. The average molecular weight is 1260 g/mol. The van der Waals surface area contributed by atoms with Gasteiger partial charge in [-0.05, 0) is 104 Å². The quantitative estimate of drug-likeness (QED) is 0.0415. The van der Waals surface area contributed by atoms with Crippen LogP contribution in [0.3, 0.4) is 0 Å². The Bertz CT molecular complexity index is 3750. The second kappa shape index (κ2) is 29.3. The van der Waals surface area contributed by atoms with Gasteiger partial charge in [-0.2, -0.15) is 0 Å². The maximum Gasteiger partial charge on any atom is 0.260 e. The summed E-state index contributed by atoms with van der Waals surface area (Å²) in [5, 5.41) is 8.44. The van der Waals surface area contributed by atoms with Crippen molar-refractivity contribution in [2.45, 2.75) is 109 Å². The van der Waals surface area contributed by atoms with E-state index in [4.69, 9.17) is 28.9 Å². The maximum absolute atomic E-state index is 14.2. The number of carbonyl (C=O) groups excluding carboxylic acids is 7. The molecule has 7 amide bonds. The van der Waals surface area contributed by atoms with Crippen LogP contribution < -0.4 is 39.8 Å². The molecule has 0 spiro atoms. The van der Waals surface area contributed by atoms with Crippen molar-refractivity contribution < 1.29 is 52.5 Å². The average Bonchev–Trinajstić information content (AvgIpc) is 1.69. The van der Waals surface area contributed by atoms with Gasteiger partial charge in [0.05, 0.1) is 67.9 Å². The number of fused-ring (bicyclic) bond motifs is 4. The Labute approximate surface area is 542 Å². The molecule has 4 aromatic carbocycles. The van der Waals surface area contributed by atoms with Crippen molar-refractivity contribution in [1.29, 1.82) is 0 Å². The fourth-order valence-electron chi connectivity index (χ4n) is 12.7. The maximum atomic E-state index is 14.2. The molecule has 5 atom stereocenters. The number of methoxy groups -OCH3 is 2. The van der Waals surface area contributed by atoms with Crippen LogP contribution in [0.5, 0.6) is 23.0 Å². The molecule has 6 aliphatic heterocycles. The number of imide groups is 1. The Morgan fingerprint density at radius 3 is 1.82 bits per heavy atom. The monoisotopic (exact) mass is 1260 g/mol. The minimum Gasteiger partial charge on any atom is -0.493 e. The molecule has 0 radical (unpaired) electrons. The van der Waals surface area contributed by atoms with Gasteiger partial charge >= 0.3 is 0 Å². The summed E-state index contributed by atoms with van der Waals surface area (Å²) in [7, 11) is 5.20. The van der Waals surface area contributed by atoms with Crippen molar-refractivity contribution in [2.24, 2.45) is 21.8 Å². The second-order valence-electron chi connectivity index (χ2n) is 25.0. The zero-order valence-corrected chi connectivity index (χ0v) is 53.7. The molecule has 6 heterocycles. The molecule has 1 aliphatic carbocycles. The number of nitrogens with one attached hydrogen (secondary N) is 3. The first-order valence-corrected chi connectivity index (χ1v) is 32.3. The smallest absolute Gasteiger partial charge is 0.260 e. The highest BCUT2D eigenvalue weighted by molar-refractivity contribution is 6.07. The molecule has 486 valence electrons. The number of unbranched alkanes of at least 4 members (excludes halogenated alkanes) is 2. The third kappa shape index (κ3) is 15.2. The molecule has 3 N–H and O–H groups in total. The number of piperazine rings is 1. The van der Waals surface area contributed by atoms with Gasteiger partial charge < -0.3 is 54.5 Å². The van der Waals surface area contributed by atoms with E-state index in [0.717, 1.165) is 60.4 Å². The first-order chi connectivity index (χ1) is 45.0. The number of aliphatic imine (C=N–C) groups is 2. The number of hydrogen-bond donors (Lipinski definition) is 3. The molecule has 7 aliphatic rings. The lowest BCUT2D eigenvalue weighted by atomic mass is 9.96. The first-order valence-electron chi connectivity index (χ1n) is 32.3. The van der Waals surface area contributed by atoms with Gasteiger partial charge in [-0.15, -0.1) is 0 Å². The summed E-state index contributed by atoms with van der Waals surface area (Å²) in [5.41, 5.74) is 8.46. The highest BCUT2D eigenvalue weighted by Crippen LogP contribution is 2.42. The molecule has 21 nitrogen and oxygen atoms in total. The predicted octanol–water partition coefficient (Wildman–Crippen LogP) is 9.60. The zero-order chi connectivity index (χ0) is 65.3. The van der Waals surface area contributed by atoms with Crippen molar-refractivity contribution in [3.8, 4) is 23.0 Å². The van der Waals surface area contributed by atoms with Crippen molar-refractivity contribution in [3.63, 3.8) is 0 Å². The molecule has 0 aromatic heterocycles. The van der Waals surface area contributed by atoms with Gasteiger partial charge in [0, 0.05) is 113 Å². The van der Waals surface area contributed by atoms with E-state index in [2.05, 4.69) is 57.1 Å². The van der Waals surface area contributed by atoms with Crippen LogP contribution >= 0.6 is 0 Å². The van der Waals surface area contributed by atoms with Crippen LogP contribution in [0.1, 0.15) is 117 Å². The van der Waals surface area contributed by atoms with Crippen molar-refractivity contribution in [1.82, 2.24) is 30.2 Å². The van der Waals surface area contributed by atoms with Gasteiger partial charge in [-0.1, -0.05) is 80.5 Å². The number of rotatable bonds is 25. The van der Waals surface area contributed by atoms with Crippen LogP contribution in [0.25, 0.3) is 11.1 Å². The summed E-state index contributed by atoms with van der Waals surface area (Å²) in [6.07, 6.45) is 22.3. The van der Waals surface area contributed by atoms with E-state index in [9.17, 15) is 33.6 Å². The fourth-order valence-corrected chi connectivity index (χ4v) is 12.7. The largest absolute Gasteiger partial charge is 0.493 e. The number of allylic oxidation sites excluding steroid dienone is 6. The predicted molar refractivity (Wildman–Crippen MR) is 357 cm³/mol. The Morgan fingerprint density at radius 1 is 0.645 bits per heavy atom. The number of likely N-dealkylation sites (tertiary alicyclic amines) is 1.